The van der Waals surface area contributed by atoms with Crippen molar-refractivity contribution in [1.29, 1.82) is 0 Å². The summed E-state index contributed by atoms with van der Waals surface area (Å²) < 4.78 is 1.70. The molecule has 1 aliphatic rings. The van der Waals surface area contributed by atoms with Crippen molar-refractivity contribution in [3.63, 3.8) is 0 Å². The summed E-state index contributed by atoms with van der Waals surface area (Å²) >= 11 is 1.55. The van der Waals surface area contributed by atoms with Gasteiger partial charge in [0.05, 0.1) is 5.75 Å². The summed E-state index contributed by atoms with van der Waals surface area (Å²) in [5.74, 6) is 1.97. The van der Waals surface area contributed by atoms with Crippen LogP contribution < -0.4 is 10.6 Å². The van der Waals surface area contributed by atoms with E-state index in [0.29, 0.717) is 11.6 Å². The van der Waals surface area contributed by atoms with Crippen molar-refractivity contribution < 1.29 is 0 Å². The van der Waals surface area contributed by atoms with E-state index in [4.69, 9.17) is 5.73 Å². The molecule has 0 aliphatic carbocycles. The Bertz CT molecular complexity index is 628. The summed E-state index contributed by atoms with van der Waals surface area (Å²) in [4.78, 5) is 2.05. The van der Waals surface area contributed by atoms with Gasteiger partial charge in [-0.3, -0.25) is 0 Å². The molecular weight excluding hydrogens is 260 g/mol. The van der Waals surface area contributed by atoms with Crippen LogP contribution in [0.4, 0.5) is 5.69 Å². The smallest absolute Gasteiger partial charge is 0.212 e. The van der Waals surface area contributed by atoms with Crippen molar-refractivity contribution in [3.05, 3.63) is 24.3 Å². The van der Waals surface area contributed by atoms with Crippen LogP contribution in [0, 0.1) is 0 Å². The average molecular weight is 274 g/mol. The van der Waals surface area contributed by atoms with Crippen molar-refractivity contribution >= 4 is 23.3 Å². The number of nitrogens with zero attached hydrogens (tertiary/aromatic N) is 5. The number of nitrogens with two attached hydrogens (primary N) is 1. The molecule has 0 amide bonds. The number of amidine groups is 1. The first-order valence-electron chi connectivity index (χ1n) is 5.84. The predicted molar refractivity (Wildman–Crippen MR) is 77.5 cm³/mol. The van der Waals surface area contributed by atoms with Gasteiger partial charge >= 0.3 is 0 Å². The molecule has 98 valence electrons. The quantitative estimate of drug-likeness (QED) is 0.892. The SMILES string of the molecule is CN(C)c1ccc(-c2nnc3n2N=C(N)CS3)cc1. The lowest BCUT2D eigenvalue weighted by atomic mass is 10.2. The van der Waals surface area contributed by atoms with Crippen LogP contribution >= 0.6 is 11.8 Å². The third-order valence-electron chi connectivity index (χ3n) is 2.83. The van der Waals surface area contributed by atoms with E-state index < -0.39 is 0 Å². The number of hydrogen-bond acceptors (Lipinski definition) is 6. The molecule has 0 unspecified atom stereocenters. The van der Waals surface area contributed by atoms with Crippen LogP contribution in [-0.2, 0) is 0 Å². The molecule has 1 aromatic carbocycles. The van der Waals surface area contributed by atoms with Crippen molar-refractivity contribution in [1.82, 2.24) is 14.9 Å². The topological polar surface area (TPSA) is 72.3 Å². The molecule has 1 aromatic heterocycles. The Hall–Kier alpha value is -2.02. The zero-order valence-electron chi connectivity index (χ0n) is 10.7. The molecule has 1 aliphatic heterocycles. The van der Waals surface area contributed by atoms with Crippen molar-refractivity contribution in [2.24, 2.45) is 10.8 Å². The number of anilines is 1. The van der Waals surface area contributed by atoms with E-state index in [9.17, 15) is 0 Å². The van der Waals surface area contributed by atoms with Crippen molar-refractivity contribution in [2.75, 3.05) is 24.7 Å². The van der Waals surface area contributed by atoms with E-state index in [0.717, 1.165) is 22.2 Å². The minimum atomic E-state index is 0.587. The number of aromatic nitrogens is 3. The third kappa shape index (κ3) is 2.17. The molecule has 0 saturated heterocycles. The summed E-state index contributed by atoms with van der Waals surface area (Å²) in [5.41, 5.74) is 7.88. The molecule has 0 atom stereocenters. The number of benzene rings is 1. The highest BCUT2D eigenvalue weighted by atomic mass is 32.2. The summed E-state index contributed by atoms with van der Waals surface area (Å²) in [6.07, 6.45) is 0. The molecule has 6 nitrogen and oxygen atoms in total. The summed E-state index contributed by atoms with van der Waals surface area (Å²) in [7, 11) is 4.02. The second-order valence-electron chi connectivity index (χ2n) is 4.44. The molecule has 2 N–H and O–H groups in total. The van der Waals surface area contributed by atoms with Gasteiger partial charge in [-0.15, -0.1) is 10.2 Å². The van der Waals surface area contributed by atoms with Gasteiger partial charge in [0.2, 0.25) is 5.16 Å². The molecule has 0 spiro atoms. The predicted octanol–water partition coefficient (Wildman–Crippen LogP) is 1.24. The van der Waals surface area contributed by atoms with Crippen LogP contribution in [0.5, 0.6) is 0 Å². The number of fused-ring (bicyclic) bond motifs is 1. The third-order valence-corrected chi connectivity index (χ3v) is 3.78. The van der Waals surface area contributed by atoms with Gasteiger partial charge in [0.25, 0.3) is 0 Å². The Morgan fingerprint density at radius 3 is 2.63 bits per heavy atom. The van der Waals surface area contributed by atoms with Gasteiger partial charge in [-0.05, 0) is 24.3 Å². The molecule has 0 fully saturated rings. The van der Waals surface area contributed by atoms with E-state index >= 15 is 0 Å². The first kappa shape index (κ1) is 12.0. The Morgan fingerprint density at radius 1 is 1.21 bits per heavy atom. The Morgan fingerprint density at radius 2 is 1.95 bits per heavy atom. The van der Waals surface area contributed by atoms with Gasteiger partial charge in [-0.25, -0.2) is 0 Å². The van der Waals surface area contributed by atoms with E-state index in [1.807, 2.05) is 38.4 Å². The Kier molecular flexibility index (Phi) is 2.90. The highest BCUT2D eigenvalue weighted by Crippen LogP contribution is 2.27. The monoisotopic (exact) mass is 274 g/mol. The van der Waals surface area contributed by atoms with Crippen molar-refractivity contribution in [3.8, 4) is 11.4 Å². The van der Waals surface area contributed by atoms with Crippen molar-refractivity contribution in [2.45, 2.75) is 5.16 Å². The molecule has 2 aromatic rings. The molecular formula is C12H14N6S. The van der Waals surface area contributed by atoms with Crippen LogP contribution in [0.2, 0.25) is 0 Å². The van der Waals surface area contributed by atoms with Gasteiger partial charge in [-0.1, -0.05) is 11.8 Å². The maximum Gasteiger partial charge on any atom is 0.212 e. The molecule has 0 bridgehead atoms. The lowest BCUT2D eigenvalue weighted by molar-refractivity contribution is 0.760. The van der Waals surface area contributed by atoms with Crippen LogP contribution in [0.1, 0.15) is 0 Å². The molecule has 19 heavy (non-hydrogen) atoms. The van der Waals surface area contributed by atoms with Gasteiger partial charge in [-0.2, -0.15) is 9.78 Å². The first-order valence-corrected chi connectivity index (χ1v) is 6.83. The number of thioether (sulfide) groups is 1. The normalized spacial score (nSPS) is 13.9. The largest absolute Gasteiger partial charge is 0.385 e. The Balaban J connectivity index is 2.02. The highest BCUT2D eigenvalue weighted by molar-refractivity contribution is 7.99. The Labute approximate surface area is 115 Å². The van der Waals surface area contributed by atoms with Gasteiger partial charge in [0.1, 0.15) is 5.84 Å². The van der Waals surface area contributed by atoms with Crippen LogP contribution in [0.15, 0.2) is 34.5 Å². The first-order chi connectivity index (χ1) is 9.15. The number of rotatable bonds is 2. The fraction of sp³-hybridized carbons (Fsp3) is 0.250. The minimum absolute atomic E-state index is 0.587. The summed E-state index contributed by atoms with van der Waals surface area (Å²) in [6, 6.07) is 8.11. The van der Waals surface area contributed by atoms with E-state index in [2.05, 4.69) is 20.2 Å². The maximum absolute atomic E-state index is 5.77. The lowest BCUT2D eigenvalue weighted by Crippen LogP contribution is -2.20. The average Bonchev–Trinajstić information content (AvgIpc) is 2.81. The zero-order chi connectivity index (χ0) is 13.4. The molecule has 3 rings (SSSR count). The van der Waals surface area contributed by atoms with E-state index in [1.54, 1.807) is 16.4 Å². The highest BCUT2D eigenvalue weighted by Gasteiger charge is 2.18. The molecule has 2 heterocycles. The van der Waals surface area contributed by atoms with E-state index in [-0.39, 0.29) is 0 Å². The zero-order valence-corrected chi connectivity index (χ0v) is 11.6. The number of hydrogen-bond donors (Lipinski definition) is 1. The minimum Gasteiger partial charge on any atom is -0.385 e. The van der Waals surface area contributed by atoms with Gasteiger partial charge in [0, 0.05) is 25.3 Å². The molecule has 0 radical (unpaired) electrons. The van der Waals surface area contributed by atoms with Crippen LogP contribution in [0.3, 0.4) is 0 Å². The fourth-order valence-corrected chi connectivity index (χ4v) is 2.51. The van der Waals surface area contributed by atoms with Gasteiger partial charge in [0.15, 0.2) is 5.82 Å². The van der Waals surface area contributed by atoms with Crippen LogP contribution in [0.25, 0.3) is 11.4 Å². The van der Waals surface area contributed by atoms with Gasteiger partial charge < -0.3 is 10.6 Å². The fourth-order valence-electron chi connectivity index (χ4n) is 1.83. The van der Waals surface area contributed by atoms with E-state index in [1.165, 1.54) is 0 Å². The molecule has 7 heteroatoms. The maximum atomic E-state index is 5.77. The molecule has 0 saturated carbocycles. The second kappa shape index (κ2) is 4.58. The second-order valence-corrected chi connectivity index (χ2v) is 5.38. The lowest BCUT2D eigenvalue weighted by Gasteiger charge is -2.13. The standard InChI is InChI=1S/C12H14N6S/c1-17(2)9-5-3-8(4-6-9)11-14-15-12-18(11)16-10(13)7-19-12/h3-6H,7H2,1-2H3,(H2,13,16). The summed E-state index contributed by atoms with van der Waals surface area (Å²) in [6.45, 7) is 0. The van der Waals surface area contributed by atoms with Crippen LogP contribution in [-0.4, -0.2) is 40.6 Å². The summed E-state index contributed by atoms with van der Waals surface area (Å²) in [5, 5.41) is 13.4.